The first-order chi connectivity index (χ1) is 15.3. The van der Waals surface area contributed by atoms with Crippen molar-refractivity contribution in [3.8, 4) is 0 Å². The Labute approximate surface area is 192 Å². The van der Waals surface area contributed by atoms with Gasteiger partial charge in [0, 0.05) is 64.6 Å². The number of pyridine rings is 1. The molecule has 0 radical (unpaired) electrons. The van der Waals surface area contributed by atoms with Crippen LogP contribution in [0.5, 0.6) is 0 Å². The third-order valence-electron chi connectivity index (χ3n) is 5.90. The number of nitrogens with zero attached hydrogens (tertiary/aromatic N) is 6. The Morgan fingerprint density at radius 3 is 2.28 bits per heavy atom. The molecule has 10 nitrogen and oxygen atoms in total. The monoisotopic (exact) mass is 480 g/mol. The zero-order valence-electron chi connectivity index (χ0n) is 17.7. The highest BCUT2D eigenvalue weighted by Crippen LogP contribution is 2.33. The molecule has 0 unspecified atom stereocenters. The quantitative estimate of drug-likeness (QED) is 0.472. The lowest BCUT2D eigenvalue weighted by atomic mass is 10.2. The van der Waals surface area contributed by atoms with Crippen molar-refractivity contribution in [2.45, 2.75) is 4.90 Å². The van der Waals surface area contributed by atoms with Gasteiger partial charge in [-0.05, 0) is 31.3 Å². The number of nitro groups is 1. The van der Waals surface area contributed by atoms with Gasteiger partial charge < -0.3 is 14.7 Å². The van der Waals surface area contributed by atoms with Gasteiger partial charge in [-0.15, -0.1) is 0 Å². The number of hydrogen-bond acceptors (Lipinski definition) is 8. The number of sulfonamides is 1. The third-order valence-corrected chi connectivity index (χ3v) is 8.09. The summed E-state index contributed by atoms with van der Waals surface area (Å²) in [5.74, 6) is 0.692. The van der Waals surface area contributed by atoms with Gasteiger partial charge >= 0.3 is 0 Å². The van der Waals surface area contributed by atoms with E-state index in [1.807, 2.05) is 16.8 Å². The van der Waals surface area contributed by atoms with E-state index in [-0.39, 0.29) is 10.6 Å². The molecule has 2 saturated heterocycles. The largest absolute Gasteiger partial charge is 0.362 e. The summed E-state index contributed by atoms with van der Waals surface area (Å²) in [6.07, 6.45) is 1.68. The summed E-state index contributed by atoms with van der Waals surface area (Å²) in [6.45, 7) is 4.23. The Morgan fingerprint density at radius 2 is 1.66 bits per heavy atom. The number of nitro benzene ring substituents is 1. The number of hydrogen-bond donors (Lipinski definition) is 0. The van der Waals surface area contributed by atoms with Gasteiger partial charge in [-0.3, -0.25) is 10.1 Å². The van der Waals surface area contributed by atoms with Gasteiger partial charge in [0.1, 0.15) is 11.5 Å². The highest BCUT2D eigenvalue weighted by atomic mass is 35.5. The van der Waals surface area contributed by atoms with Gasteiger partial charge in [-0.25, -0.2) is 13.4 Å². The molecule has 1 aromatic carbocycles. The minimum atomic E-state index is -3.79. The molecule has 4 rings (SSSR count). The van der Waals surface area contributed by atoms with Crippen LogP contribution in [0.2, 0.25) is 5.02 Å². The van der Waals surface area contributed by atoms with E-state index in [2.05, 4.69) is 9.88 Å². The maximum atomic E-state index is 13.0. The maximum Gasteiger partial charge on any atom is 0.293 e. The number of anilines is 2. The van der Waals surface area contributed by atoms with Crippen molar-refractivity contribution < 1.29 is 13.3 Å². The zero-order chi connectivity index (χ0) is 22.9. The minimum absolute atomic E-state index is 0.0450. The number of aromatic nitrogens is 1. The Morgan fingerprint density at radius 1 is 1.00 bits per heavy atom. The molecule has 0 amide bonds. The SMILES string of the molecule is CN1CCN(S(=O)(=O)c2ccc(N3CCN(c4ncccc4Cl)CC3)c([N+](=O)[O-])c2)CC1. The Bertz CT molecular complexity index is 1100. The second-order valence-electron chi connectivity index (χ2n) is 7.90. The predicted octanol–water partition coefficient (Wildman–Crippen LogP) is 1.91. The first kappa shape index (κ1) is 22.7. The molecule has 2 aromatic rings. The standard InChI is InChI=1S/C20H25ClN6O4S/c1-23-7-13-26(14-8-23)32(30,31)16-4-5-18(19(15-16)27(28)29)24-9-11-25(12-10-24)20-17(21)3-2-6-22-20/h2-6,15H,7-14H2,1H3. The van der Waals surface area contributed by atoms with Crippen LogP contribution >= 0.6 is 11.6 Å². The maximum absolute atomic E-state index is 13.0. The van der Waals surface area contributed by atoms with Crippen molar-refractivity contribution in [2.75, 3.05) is 69.2 Å². The van der Waals surface area contributed by atoms with Crippen LogP contribution in [0, 0.1) is 10.1 Å². The molecule has 0 N–H and O–H groups in total. The first-order valence-electron chi connectivity index (χ1n) is 10.3. The van der Waals surface area contributed by atoms with Gasteiger partial charge in [-0.1, -0.05) is 11.6 Å². The fraction of sp³-hybridized carbons (Fsp3) is 0.450. The minimum Gasteiger partial charge on any atom is -0.362 e. The second kappa shape index (κ2) is 9.18. The third kappa shape index (κ3) is 4.51. The summed E-state index contributed by atoms with van der Waals surface area (Å²) in [4.78, 5) is 21.6. The van der Waals surface area contributed by atoms with Crippen LogP contribution in [0.1, 0.15) is 0 Å². The number of likely N-dealkylation sites (N-methyl/N-ethyl adjacent to an activating group) is 1. The molecular weight excluding hydrogens is 456 g/mol. The van der Waals surface area contributed by atoms with Gasteiger partial charge in [-0.2, -0.15) is 4.31 Å². The molecule has 2 aliphatic rings. The molecule has 32 heavy (non-hydrogen) atoms. The summed E-state index contributed by atoms with van der Waals surface area (Å²) in [5.41, 5.74) is 0.212. The Balaban J connectivity index is 1.54. The highest BCUT2D eigenvalue weighted by molar-refractivity contribution is 7.89. The van der Waals surface area contributed by atoms with E-state index < -0.39 is 14.9 Å². The molecule has 0 spiro atoms. The summed E-state index contributed by atoms with van der Waals surface area (Å²) in [7, 11) is -1.85. The second-order valence-corrected chi connectivity index (χ2v) is 10.2. The van der Waals surface area contributed by atoms with Crippen molar-refractivity contribution >= 4 is 38.8 Å². The Hall–Kier alpha value is -2.47. The highest BCUT2D eigenvalue weighted by Gasteiger charge is 2.31. The van der Waals surface area contributed by atoms with E-state index in [9.17, 15) is 18.5 Å². The van der Waals surface area contributed by atoms with E-state index in [4.69, 9.17) is 11.6 Å². The summed E-state index contributed by atoms with van der Waals surface area (Å²) < 4.78 is 27.5. The summed E-state index contributed by atoms with van der Waals surface area (Å²) in [6, 6.07) is 7.75. The lowest BCUT2D eigenvalue weighted by Gasteiger charge is -2.36. The molecule has 12 heteroatoms. The fourth-order valence-corrected chi connectivity index (χ4v) is 5.71. The van der Waals surface area contributed by atoms with Crippen LogP contribution in [-0.4, -0.2) is 86.9 Å². The summed E-state index contributed by atoms with van der Waals surface area (Å²) >= 11 is 6.24. The van der Waals surface area contributed by atoms with E-state index in [1.165, 1.54) is 16.4 Å². The number of halogens is 1. The normalized spacial score (nSPS) is 18.7. The predicted molar refractivity (Wildman–Crippen MR) is 123 cm³/mol. The average Bonchev–Trinajstić information content (AvgIpc) is 2.79. The van der Waals surface area contributed by atoms with Crippen LogP contribution in [0.25, 0.3) is 0 Å². The lowest BCUT2D eigenvalue weighted by Crippen LogP contribution is -2.47. The van der Waals surface area contributed by atoms with Crippen molar-refractivity contribution in [3.05, 3.63) is 51.7 Å². The smallest absolute Gasteiger partial charge is 0.293 e. The molecule has 0 aliphatic carbocycles. The fourth-order valence-electron chi connectivity index (χ4n) is 4.02. The number of benzene rings is 1. The van der Waals surface area contributed by atoms with Gasteiger partial charge in [0.25, 0.3) is 5.69 Å². The zero-order valence-corrected chi connectivity index (χ0v) is 19.3. The Kier molecular flexibility index (Phi) is 6.52. The molecule has 0 saturated carbocycles. The van der Waals surface area contributed by atoms with Crippen molar-refractivity contribution in [1.29, 1.82) is 0 Å². The van der Waals surface area contributed by atoms with Crippen LogP contribution in [-0.2, 0) is 10.0 Å². The van der Waals surface area contributed by atoms with E-state index in [1.54, 1.807) is 24.4 Å². The van der Waals surface area contributed by atoms with Gasteiger partial charge in [0.2, 0.25) is 10.0 Å². The topological polar surface area (TPSA) is 103 Å². The molecule has 0 atom stereocenters. The van der Waals surface area contributed by atoms with Crippen LogP contribution in [0.15, 0.2) is 41.4 Å². The number of piperazine rings is 2. The summed E-state index contributed by atoms with van der Waals surface area (Å²) in [5, 5.41) is 12.4. The van der Waals surface area contributed by atoms with E-state index in [0.29, 0.717) is 68.9 Å². The number of rotatable bonds is 5. The van der Waals surface area contributed by atoms with Crippen molar-refractivity contribution in [3.63, 3.8) is 0 Å². The molecule has 2 aliphatic heterocycles. The van der Waals surface area contributed by atoms with E-state index in [0.717, 1.165) is 0 Å². The molecule has 3 heterocycles. The molecule has 2 fully saturated rings. The van der Waals surface area contributed by atoms with E-state index >= 15 is 0 Å². The van der Waals surface area contributed by atoms with Crippen LogP contribution in [0.3, 0.4) is 0 Å². The van der Waals surface area contributed by atoms with Gasteiger partial charge in [0.05, 0.1) is 14.8 Å². The molecule has 172 valence electrons. The van der Waals surface area contributed by atoms with Crippen molar-refractivity contribution in [1.82, 2.24) is 14.2 Å². The van der Waals surface area contributed by atoms with Crippen LogP contribution < -0.4 is 9.80 Å². The van der Waals surface area contributed by atoms with Crippen molar-refractivity contribution in [2.24, 2.45) is 0 Å². The molecule has 1 aromatic heterocycles. The lowest BCUT2D eigenvalue weighted by molar-refractivity contribution is -0.384. The molecule has 0 bridgehead atoms. The van der Waals surface area contributed by atoms with Gasteiger partial charge in [0.15, 0.2) is 0 Å². The molecular formula is C20H25ClN6O4S. The first-order valence-corrected chi connectivity index (χ1v) is 12.2. The van der Waals surface area contributed by atoms with Crippen LogP contribution in [0.4, 0.5) is 17.2 Å². The average molecular weight is 481 g/mol.